The van der Waals surface area contributed by atoms with Gasteiger partial charge in [0.1, 0.15) is 23.1 Å². The normalized spacial score (nSPS) is 10.8. The number of ether oxygens (including phenoxy) is 2. The number of benzene rings is 4. The van der Waals surface area contributed by atoms with Gasteiger partial charge in [-0.2, -0.15) is 0 Å². The Balaban J connectivity index is 1.21. The fraction of sp³-hybridized carbons (Fsp3) is 0.143. The Morgan fingerprint density at radius 2 is 0.959 bits per heavy atom. The van der Waals surface area contributed by atoms with Gasteiger partial charge in [0.2, 0.25) is 11.8 Å². The number of rotatable bonds is 14. The Morgan fingerprint density at radius 1 is 0.571 bits per heavy atom. The Bertz CT molecular complexity index is 1860. The predicted molar refractivity (Wildman–Crippen MR) is 190 cm³/mol. The molecule has 2 aromatic heterocycles. The molecule has 0 unspecified atom stereocenters. The monoisotopic (exact) mass is 692 g/mol. The van der Waals surface area contributed by atoms with Crippen molar-refractivity contribution in [3.05, 3.63) is 121 Å². The summed E-state index contributed by atoms with van der Waals surface area (Å²) < 4.78 is 14.2. The number of methoxy groups -OCH3 is 2. The molecule has 0 aliphatic carbocycles. The first-order valence-corrected chi connectivity index (χ1v) is 17.1. The number of nitrogens with zero attached hydrogens (tertiary/aromatic N) is 6. The van der Waals surface area contributed by atoms with Crippen LogP contribution in [0.1, 0.15) is 11.6 Å². The van der Waals surface area contributed by atoms with E-state index in [4.69, 9.17) is 9.47 Å². The third kappa shape index (κ3) is 8.47. The molecule has 0 radical (unpaired) electrons. The number of carbonyl (C=O) groups excluding carboxylic acids is 2. The van der Waals surface area contributed by atoms with Crippen LogP contribution in [-0.4, -0.2) is 67.1 Å². The van der Waals surface area contributed by atoms with Crippen LogP contribution in [0, 0.1) is 0 Å². The molecule has 49 heavy (non-hydrogen) atoms. The van der Waals surface area contributed by atoms with Crippen LogP contribution in [0.3, 0.4) is 0 Å². The summed E-state index contributed by atoms with van der Waals surface area (Å²) in [4.78, 5) is 25.7. The van der Waals surface area contributed by atoms with Gasteiger partial charge in [-0.05, 0) is 72.8 Å². The van der Waals surface area contributed by atoms with Crippen molar-refractivity contribution in [2.45, 2.75) is 16.7 Å². The average molecular weight is 693 g/mol. The quantitative estimate of drug-likeness (QED) is 0.132. The Labute approximate surface area is 291 Å². The first kappa shape index (κ1) is 33.3. The minimum Gasteiger partial charge on any atom is -0.497 e. The number of aromatic nitrogens is 6. The zero-order chi connectivity index (χ0) is 34.0. The summed E-state index contributed by atoms with van der Waals surface area (Å²) in [5.41, 5.74) is 3.03. The van der Waals surface area contributed by atoms with Crippen LogP contribution in [0.15, 0.2) is 120 Å². The van der Waals surface area contributed by atoms with Crippen molar-refractivity contribution in [1.82, 2.24) is 29.5 Å². The minimum atomic E-state index is -0.180. The van der Waals surface area contributed by atoms with E-state index < -0.39 is 0 Å². The highest BCUT2D eigenvalue weighted by Crippen LogP contribution is 2.27. The van der Waals surface area contributed by atoms with Gasteiger partial charge in [-0.15, -0.1) is 20.4 Å². The molecule has 0 aliphatic heterocycles. The van der Waals surface area contributed by atoms with Gasteiger partial charge < -0.3 is 20.1 Å². The first-order valence-electron chi connectivity index (χ1n) is 15.1. The third-order valence-corrected chi connectivity index (χ3v) is 9.02. The van der Waals surface area contributed by atoms with E-state index in [-0.39, 0.29) is 29.7 Å². The molecule has 0 aliphatic rings. The van der Waals surface area contributed by atoms with Crippen LogP contribution in [0.5, 0.6) is 11.5 Å². The molecular weight excluding hydrogens is 661 g/mol. The Kier molecular flexibility index (Phi) is 10.9. The lowest BCUT2D eigenvalue weighted by Gasteiger charge is -2.12. The van der Waals surface area contributed by atoms with Crippen LogP contribution in [0.4, 0.5) is 11.4 Å². The molecule has 14 heteroatoms. The SMILES string of the molecule is COc1ccc(NC(=O)CSc2nnc(Cc3nnc(SCC(=O)Nc4ccc(OC)cc4)n3-c3ccccc3)n2-c2ccccc2)cc1. The van der Waals surface area contributed by atoms with Gasteiger partial charge in [0, 0.05) is 22.7 Å². The standard InChI is InChI=1S/C35H32N8O4S2/c1-46-28-17-13-24(14-18-28)36-32(44)22-48-34-40-38-30(42(34)26-9-5-3-6-10-26)21-31-39-41-35(43(31)27-11-7-4-8-12-27)49-23-33(45)37-25-15-19-29(47-2)20-16-25/h3-20H,21-23H2,1-2H3,(H,36,44)(H,37,45). The molecule has 0 saturated heterocycles. The number of hydrogen-bond acceptors (Lipinski definition) is 10. The van der Waals surface area contributed by atoms with Gasteiger partial charge in [-0.3, -0.25) is 18.7 Å². The van der Waals surface area contributed by atoms with Gasteiger partial charge in [-0.1, -0.05) is 59.9 Å². The van der Waals surface area contributed by atoms with Crippen molar-refractivity contribution in [2.75, 3.05) is 36.4 Å². The number of anilines is 2. The summed E-state index contributed by atoms with van der Waals surface area (Å²) in [6, 6.07) is 33.7. The van der Waals surface area contributed by atoms with Gasteiger partial charge in [-0.25, -0.2) is 0 Å². The highest BCUT2D eigenvalue weighted by molar-refractivity contribution is 8.00. The number of amides is 2. The van der Waals surface area contributed by atoms with E-state index in [2.05, 4.69) is 31.0 Å². The number of para-hydroxylation sites is 2. The molecular formula is C35H32N8O4S2. The smallest absolute Gasteiger partial charge is 0.234 e. The van der Waals surface area contributed by atoms with Gasteiger partial charge in [0.25, 0.3) is 0 Å². The fourth-order valence-electron chi connectivity index (χ4n) is 4.83. The van der Waals surface area contributed by atoms with E-state index >= 15 is 0 Å². The number of hydrogen-bond donors (Lipinski definition) is 2. The summed E-state index contributed by atoms with van der Waals surface area (Å²) in [6.07, 6.45) is 0.279. The van der Waals surface area contributed by atoms with E-state index in [1.807, 2.05) is 69.8 Å². The summed E-state index contributed by atoms with van der Waals surface area (Å²) >= 11 is 2.56. The van der Waals surface area contributed by atoms with Crippen molar-refractivity contribution in [3.8, 4) is 22.9 Å². The second kappa shape index (κ2) is 16.0. The lowest BCUT2D eigenvalue weighted by atomic mass is 10.3. The molecule has 6 aromatic rings. The van der Waals surface area contributed by atoms with Crippen molar-refractivity contribution in [1.29, 1.82) is 0 Å². The maximum absolute atomic E-state index is 12.9. The summed E-state index contributed by atoms with van der Waals surface area (Å²) in [5, 5.41) is 24.9. The molecule has 2 N–H and O–H groups in total. The van der Waals surface area contributed by atoms with Crippen LogP contribution >= 0.6 is 23.5 Å². The molecule has 0 saturated carbocycles. The number of carbonyl (C=O) groups is 2. The highest BCUT2D eigenvalue weighted by Gasteiger charge is 2.22. The Morgan fingerprint density at radius 3 is 1.33 bits per heavy atom. The highest BCUT2D eigenvalue weighted by atomic mass is 32.2. The van der Waals surface area contributed by atoms with Crippen LogP contribution < -0.4 is 20.1 Å². The van der Waals surface area contributed by atoms with Crippen molar-refractivity contribution >= 4 is 46.7 Å². The topological polar surface area (TPSA) is 138 Å². The van der Waals surface area contributed by atoms with Crippen molar-refractivity contribution < 1.29 is 19.1 Å². The lowest BCUT2D eigenvalue weighted by Crippen LogP contribution is -2.15. The molecule has 4 aromatic carbocycles. The molecule has 0 fully saturated rings. The van der Waals surface area contributed by atoms with Crippen LogP contribution in [-0.2, 0) is 16.0 Å². The van der Waals surface area contributed by atoms with E-state index in [1.165, 1.54) is 23.5 Å². The fourth-order valence-corrected chi connectivity index (χ4v) is 6.38. The molecule has 0 bridgehead atoms. The predicted octanol–water partition coefficient (Wildman–Crippen LogP) is 5.92. The van der Waals surface area contributed by atoms with Crippen molar-refractivity contribution in [2.24, 2.45) is 0 Å². The maximum atomic E-state index is 12.9. The van der Waals surface area contributed by atoms with Crippen LogP contribution in [0.2, 0.25) is 0 Å². The van der Waals surface area contributed by atoms with Gasteiger partial charge in [0.05, 0.1) is 32.1 Å². The first-order chi connectivity index (χ1) is 24.0. The molecule has 0 spiro atoms. The minimum absolute atomic E-state index is 0.122. The van der Waals surface area contributed by atoms with E-state index in [9.17, 15) is 9.59 Å². The second-order valence-corrected chi connectivity index (χ2v) is 12.3. The van der Waals surface area contributed by atoms with E-state index in [1.54, 1.807) is 62.8 Å². The molecule has 2 amide bonds. The maximum Gasteiger partial charge on any atom is 0.234 e. The lowest BCUT2D eigenvalue weighted by molar-refractivity contribution is -0.114. The van der Waals surface area contributed by atoms with E-state index in [0.29, 0.717) is 44.8 Å². The molecule has 248 valence electrons. The largest absolute Gasteiger partial charge is 0.497 e. The average Bonchev–Trinajstić information content (AvgIpc) is 3.74. The van der Waals surface area contributed by atoms with Gasteiger partial charge in [0.15, 0.2) is 10.3 Å². The van der Waals surface area contributed by atoms with Crippen molar-refractivity contribution in [3.63, 3.8) is 0 Å². The molecule has 12 nitrogen and oxygen atoms in total. The summed E-state index contributed by atoms with van der Waals surface area (Å²) in [6.45, 7) is 0. The Hall–Kier alpha value is -5.60. The second-order valence-electron chi connectivity index (χ2n) is 10.4. The van der Waals surface area contributed by atoms with E-state index in [0.717, 1.165) is 11.4 Å². The van der Waals surface area contributed by atoms with Gasteiger partial charge >= 0.3 is 0 Å². The molecule has 2 heterocycles. The zero-order valence-electron chi connectivity index (χ0n) is 26.6. The molecule has 0 atom stereocenters. The van der Waals surface area contributed by atoms with Crippen LogP contribution in [0.25, 0.3) is 11.4 Å². The zero-order valence-corrected chi connectivity index (χ0v) is 28.3. The third-order valence-electron chi connectivity index (χ3n) is 7.16. The summed E-state index contributed by atoms with van der Waals surface area (Å²) in [5.74, 6) is 2.53. The molecule has 6 rings (SSSR count). The summed E-state index contributed by atoms with van der Waals surface area (Å²) in [7, 11) is 3.19. The number of thioether (sulfide) groups is 2. The number of nitrogens with one attached hydrogen (secondary N) is 2.